The number of ketones is 1. The number of Topliss-reactive ketones (excluding diaryl/α,β-unsaturated/α-hetero) is 1. The monoisotopic (exact) mass is 279 g/mol. The van der Waals surface area contributed by atoms with Gasteiger partial charge in [-0.1, -0.05) is 41.9 Å². The highest BCUT2D eigenvalue weighted by atomic mass is 79.9. The van der Waals surface area contributed by atoms with E-state index in [1.54, 1.807) is 12.1 Å². The standard InChI is InChI=1S/C13H14BrNO/c1-9(2)13(16)12(14)7-10-3-5-11(8-15)6-4-10/h3-6,9,12H,7H2,1-2H3. The molecular formula is C13H14BrNO. The van der Waals surface area contributed by atoms with Crippen LogP contribution in [0.2, 0.25) is 0 Å². The van der Waals surface area contributed by atoms with Gasteiger partial charge in [-0.25, -0.2) is 0 Å². The Morgan fingerprint density at radius 2 is 1.94 bits per heavy atom. The molecule has 2 nitrogen and oxygen atoms in total. The third kappa shape index (κ3) is 3.46. The predicted octanol–water partition coefficient (Wildman–Crippen LogP) is 3.09. The van der Waals surface area contributed by atoms with Crippen LogP contribution < -0.4 is 0 Å². The summed E-state index contributed by atoms with van der Waals surface area (Å²) in [7, 11) is 0. The van der Waals surface area contributed by atoms with Crippen molar-refractivity contribution in [3.05, 3.63) is 35.4 Å². The Morgan fingerprint density at radius 3 is 2.38 bits per heavy atom. The van der Waals surface area contributed by atoms with E-state index >= 15 is 0 Å². The summed E-state index contributed by atoms with van der Waals surface area (Å²) < 4.78 is 0. The van der Waals surface area contributed by atoms with Gasteiger partial charge in [-0.05, 0) is 24.1 Å². The molecule has 0 radical (unpaired) electrons. The van der Waals surface area contributed by atoms with E-state index in [0.29, 0.717) is 12.0 Å². The van der Waals surface area contributed by atoms with Crippen LogP contribution in [0.15, 0.2) is 24.3 Å². The lowest BCUT2D eigenvalue weighted by Gasteiger charge is -2.11. The quantitative estimate of drug-likeness (QED) is 0.795. The summed E-state index contributed by atoms with van der Waals surface area (Å²) in [6.07, 6.45) is 0.669. The number of nitrogens with zero attached hydrogens (tertiary/aromatic N) is 1. The van der Waals surface area contributed by atoms with Crippen molar-refractivity contribution in [2.24, 2.45) is 5.92 Å². The minimum absolute atomic E-state index is 0.0442. The lowest BCUT2D eigenvalue weighted by Crippen LogP contribution is -2.21. The zero-order chi connectivity index (χ0) is 12.1. The van der Waals surface area contributed by atoms with Crippen LogP contribution in [0, 0.1) is 17.2 Å². The Balaban J connectivity index is 2.67. The maximum atomic E-state index is 11.7. The van der Waals surface area contributed by atoms with Gasteiger partial charge in [-0.2, -0.15) is 5.26 Å². The smallest absolute Gasteiger partial charge is 0.149 e. The van der Waals surface area contributed by atoms with Gasteiger partial charge >= 0.3 is 0 Å². The summed E-state index contributed by atoms with van der Waals surface area (Å²) in [4.78, 5) is 11.5. The highest BCUT2D eigenvalue weighted by molar-refractivity contribution is 9.10. The second-order valence-electron chi connectivity index (χ2n) is 4.04. The second-order valence-corrected chi connectivity index (χ2v) is 5.14. The number of alkyl halides is 1. The first-order valence-electron chi connectivity index (χ1n) is 5.21. The van der Waals surface area contributed by atoms with Crippen molar-refractivity contribution < 1.29 is 4.79 Å². The molecule has 0 aliphatic rings. The molecule has 0 fully saturated rings. The SMILES string of the molecule is CC(C)C(=O)C(Br)Cc1ccc(C#N)cc1. The van der Waals surface area contributed by atoms with Gasteiger partial charge in [0.15, 0.2) is 0 Å². The topological polar surface area (TPSA) is 40.9 Å². The Hall–Kier alpha value is -1.14. The van der Waals surface area contributed by atoms with Crippen LogP contribution in [0.5, 0.6) is 0 Å². The molecule has 1 aromatic rings. The van der Waals surface area contributed by atoms with Crippen molar-refractivity contribution in [1.82, 2.24) is 0 Å². The number of hydrogen-bond acceptors (Lipinski definition) is 2. The molecule has 0 aliphatic carbocycles. The Labute approximate surface area is 104 Å². The zero-order valence-corrected chi connectivity index (χ0v) is 11.0. The van der Waals surface area contributed by atoms with E-state index in [0.717, 1.165) is 5.56 Å². The number of carbonyl (C=O) groups is 1. The van der Waals surface area contributed by atoms with Gasteiger partial charge in [0.25, 0.3) is 0 Å². The molecule has 1 aromatic carbocycles. The van der Waals surface area contributed by atoms with E-state index in [1.165, 1.54) is 0 Å². The molecule has 0 aromatic heterocycles. The lowest BCUT2D eigenvalue weighted by atomic mass is 10.0. The average Bonchev–Trinajstić information content (AvgIpc) is 2.28. The third-order valence-corrected chi connectivity index (χ3v) is 3.15. The fourth-order valence-electron chi connectivity index (χ4n) is 1.38. The molecule has 0 aliphatic heterocycles. The van der Waals surface area contributed by atoms with Crippen LogP contribution in [-0.2, 0) is 11.2 Å². The van der Waals surface area contributed by atoms with Crippen molar-refractivity contribution in [2.45, 2.75) is 25.1 Å². The molecule has 3 heteroatoms. The maximum absolute atomic E-state index is 11.7. The van der Waals surface area contributed by atoms with Crippen molar-refractivity contribution in [1.29, 1.82) is 5.26 Å². The summed E-state index contributed by atoms with van der Waals surface area (Å²) in [5.41, 5.74) is 1.71. The van der Waals surface area contributed by atoms with Gasteiger partial charge in [0, 0.05) is 5.92 Å². The minimum Gasteiger partial charge on any atom is -0.298 e. The Morgan fingerprint density at radius 1 is 1.38 bits per heavy atom. The van der Waals surface area contributed by atoms with Crippen LogP contribution in [0.1, 0.15) is 25.0 Å². The van der Waals surface area contributed by atoms with Gasteiger partial charge in [0.2, 0.25) is 0 Å². The zero-order valence-electron chi connectivity index (χ0n) is 9.40. The fraction of sp³-hybridized carbons (Fsp3) is 0.385. The molecule has 0 saturated heterocycles. The molecule has 0 heterocycles. The highest BCUT2D eigenvalue weighted by Gasteiger charge is 2.18. The van der Waals surface area contributed by atoms with Gasteiger partial charge in [-0.15, -0.1) is 0 Å². The molecule has 0 amide bonds. The van der Waals surface area contributed by atoms with E-state index in [9.17, 15) is 4.79 Å². The van der Waals surface area contributed by atoms with Crippen LogP contribution in [0.3, 0.4) is 0 Å². The van der Waals surface area contributed by atoms with Gasteiger partial charge in [0.05, 0.1) is 16.5 Å². The molecule has 1 rings (SSSR count). The number of hydrogen-bond donors (Lipinski definition) is 0. The van der Waals surface area contributed by atoms with Crippen molar-refractivity contribution >= 4 is 21.7 Å². The van der Waals surface area contributed by atoms with Gasteiger partial charge in [0.1, 0.15) is 5.78 Å². The Kier molecular flexibility index (Phi) is 4.70. The first-order valence-corrected chi connectivity index (χ1v) is 6.13. The van der Waals surface area contributed by atoms with E-state index in [1.807, 2.05) is 26.0 Å². The lowest BCUT2D eigenvalue weighted by molar-refractivity contribution is -0.121. The number of nitriles is 1. The fourth-order valence-corrected chi connectivity index (χ4v) is 2.29. The van der Waals surface area contributed by atoms with Gasteiger partial charge in [-0.3, -0.25) is 4.79 Å². The van der Waals surface area contributed by atoms with E-state index < -0.39 is 0 Å². The first-order chi connectivity index (χ1) is 7.54. The summed E-state index contributed by atoms with van der Waals surface area (Å²) in [5, 5.41) is 8.66. The molecular weight excluding hydrogens is 266 g/mol. The van der Waals surface area contributed by atoms with Crippen LogP contribution in [0.4, 0.5) is 0 Å². The molecule has 0 saturated carbocycles. The first kappa shape index (κ1) is 12.9. The number of carbonyl (C=O) groups excluding carboxylic acids is 1. The third-order valence-electron chi connectivity index (χ3n) is 2.38. The van der Waals surface area contributed by atoms with Gasteiger partial charge < -0.3 is 0 Å². The predicted molar refractivity (Wildman–Crippen MR) is 67.4 cm³/mol. The van der Waals surface area contributed by atoms with Crippen molar-refractivity contribution in [3.8, 4) is 6.07 Å². The summed E-state index contributed by atoms with van der Waals surface area (Å²) in [6.45, 7) is 3.80. The highest BCUT2D eigenvalue weighted by Crippen LogP contribution is 2.15. The van der Waals surface area contributed by atoms with E-state index in [2.05, 4.69) is 22.0 Å². The molecule has 1 unspecified atom stereocenters. The minimum atomic E-state index is -0.138. The van der Waals surface area contributed by atoms with Crippen molar-refractivity contribution in [2.75, 3.05) is 0 Å². The number of rotatable bonds is 4. The normalized spacial score (nSPS) is 12.2. The summed E-state index contributed by atoms with van der Waals surface area (Å²) in [5.74, 6) is 0.257. The summed E-state index contributed by atoms with van der Waals surface area (Å²) in [6, 6.07) is 9.39. The van der Waals surface area contributed by atoms with Crippen LogP contribution in [-0.4, -0.2) is 10.6 Å². The molecule has 0 N–H and O–H groups in total. The van der Waals surface area contributed by atoms with E-state index in [-0.39, 0.29) is 16.5 Å². The van der Waals surface area contributed by atoms with Crippen LogP contribution >= 0.6 is 15.9 Å². The number of benzene rings is 1. The second kappa shape index (κ2) is 5.81. The number of halogens is 1. The molecule has 0 bridgehead atoms. The maximum Gasteiger partial charge on any atom is 0.149 e. The summed E-state index contributed by atoms with van der Waals surface area (Å²) >= 11 is 3.40. The Bertz CT molecular complexity index is 403. The molecule has 1 atom stereocenters. The average molecular weight is 280 g/mol. The van der Waals surface area contributed by atoms with E-state index in [4.69, 9.17) is 5.26 Å². The largest absolute Gasteiger partial charge is 0.298 e. The van der Waals surface area contributed by atoms with Crippen LogP contribution in [0.25, 0.3) is 0 Å². The van der Waals surface area contributed by atoms with Crippen molar-refractivity contribution in [3.63, 3.8) is 0 Å². The molecule has 16 heavy (non-hydrogen) atoms. The molecule has 0 spiro atoms. The molecule has 84 valence electrons.